The van der Waals surface area contributed by atoms with Crippen molar-refractivity contribution in [3.05, 3.63) is 27.7 Å². The fourth-order valence-corrected chi connectivity index (χ4v) is 4.88. The minimum absolute atomic E-state index is 0.00805. The van der Waals surface area contributed by atoms with Crippen LogP contribution >= 0.6 is 23.2 Å². The van der Waals surface area contributed by atoms with E-state index in [1.165, 1.54) is 16.4 Å². The third-order valence-electron chi connectivity index (χ3n) is 3.25. The summed E-state index contributed by atoms with van der Waals surface area (Å²) in [7, 11) is -3.79. The van der Waals surface area contributed by atoms with Gasteiger partial charge in [-0.15, -0.1) is 0 Å². The SMILES string of the molecule is CC1CN(S(=O)(=O)c2cc(Cl)cc(CO)c2Cl)CC(C)O1. The van der Waals surface area contributed by atoms with Gasteiger partial charge < -0.3 is 9.84 Å². The first-order chi connectivity index (χ1) is 9.75. The molecular weight excluding hydrogens is 337 g/mol. The number of halogens is 2. The van der Waals surface area contributed by atoms with Gasteiger partial charge in [0.25, 0.3) is 0 Å². The molecule has 0 aliphatic carbocycles. The van der Waals surface area contributed by atoms with Gasteiger partial charge in [-0.05, 0) is 31.5 Å². The maximum absolute atomic E-state index is 12.8. The third-order valence-corrected chi connectivity index (χ3v) is 5.89. The van der Waals surface area contributed by atoms with Gasteiger partial charge in [0.2, 0.25) is 10.0 Å². The molecule has 2 atom stereocenters. The van der Waals surface area contributed by atoms with Crippen LogP contribution in [0.3, 0.4) is 0 Å². The molecule has 1 N–H and O–H groups in total. The first-order valence-corrected chi connectivity index (χ1v) is 8.69. The van der Waals surface area contributed by atoms with E-state index in [-0.39, 0.29) is 52.4 Å². The summed E-state index contributed by atoms with van der Waals surface area (Å²) in [6.45, 7) is 3.76. The molecule has 8 heteroatoms. The van der Waals surface area contributed by atoms with Gasteiger partial charge in [-0.1, -0.05) is 23.2 Å². The lowest BCUT2D eigenvalue weighted by Gasteiger charge is -2.34. The van der Waals surface area contributed by atoms with Crippen molar-refractivity contribution >= 4 is 33.2 Å². The van der Waals surface area contributed by atoms with Gasteiger partial charge in [0.15, 0.2) is 0 Å². The Hall–Kier alpha value is -0.370. The zero-order valence-electron chi connectivity index (χ0n) is 11.7. The molecule has 1 heterocycles. The van der Waals surface area contributed by atoms with Crippen LogP contribution in [0.1, 0.15) is 19.4 Å². The van der Waals surface area contributed by atoms with Crippen LogP contribution in [0, 0.1) is 0 Å². The molecule has 0 bridgehead atoms. The Morgan fingerprint density at radius 3 is 2.38 bits per heavy atom. The minimum Gasteiger partial charge on any atom is -0.392 e. The number of nitrogens with zero attached hydrogens (tertiary/aromatic N) is 1. The van der Waals surface area contributed by atoms with E-state index in [0.29, 0.717) is 0 Å². The number of benzene rings is 1. The summed E-state index contributed by atoms with van der Waals surface area (Å²) in [5, 5.41) is 9.48. The van der Waals surface area contributed by atoms with Crippen LogP contribution in [-0.4, -0.2) is 43.1 Å². The lowest BCUT2D eigenvalue weighted by Crippen LogP contribution is -2.48. The highest BCUT2D eigenvalue weighted by atomic mass is 35.5. The van der Waals surface area contributed by atoms with Gasteiger partial charge in [0.1, 0.15) is 4.90 Å². The second kappa shape index (κ2) is 6.40. The number of ether oxygens (including phenoxy) is 1. The lowest BCUT2D eigenvalue weighted by molar-refractivity contribution is -0.0440. The predicted molar refractivity (Wildman–Crippen MR) is 81.2 cm³/mol. The highest BCUT2D eigenvalue weighted by Gasteiger charge is 2.34. The maximum atomic E-state index is 12.8. The van der Waals surface area contributed by atoms with Crippen molar-refractivity contribution < 1.29 is 18.3 Å². The number of morpholine rings is 1. The summed E-state index contributed by atoms with van der Waals surface area (Å²) < 4.78 is 32.4. The summed E-state index contributed by atoms with van der Waals surface area (Å²) in [6, 6.07) is 2.76. The molecule has 1 aromatic rings. The zero-order chi connectivity index (χ0) is 15.8. The van der Waals surface area contributed by atoms with Crippen LogP contribution in [0.4, 0.5) is 0 Å². The number of hydrogen-bond donors (Lipinski definition) is 1. The van der Waals surface area contributed by atoms with Crippen molar-refractivity contribution in [1.82, 2.24) is 4.31 Å². The highest BCUT2D eigenvalue weighted by molar-refractivity contribution is 7.89. The Morgan fingerprint density at radius 1 is 1.29 bits per heavy atom. The molecule has 0 amide bonds. The third kappa shape index (κ3) is 3.52. The fourth-order valence-electron chi connectivity index (χ4n) is 2.39. The molecule has 1 fully saturated rings. The monoisotopic (exact) mass is 353 g/mol. The van der Waals surface area contributed by atoms with Gasteiger partial charge in [-0.2, -0.15) is 4.31 Å². The van der Waals surface area contributed by atoms with Crippen LogP contribution in [0.5, 0.6) is 0 Å². The van der Waals surface area contributed by atoms with E-state index in [4.69, 9.17) is 27.9 Å². The molecule has 2 rings (SSSR count). The maximum Gasteiger partial charge on any atom is 0.244 e. The van der Waals surface area contributed by atoms with Crippen molar-refractivity contribution in [2.45, 2.75) is 37.6 Å². The first kappa shape index (κ1) is 17.0. The summed E-state index contributed by atoms with van der Waals surface area (Å²) in [6.07, 6.45) is -0.391. The van der Waals surface area contributed by atoms with Gasteiger partial charge in [0.05, 0.1) is 23.8 Å². The second-order valence-electron chi connectivity index (χ2n) is 5.11. The van der Waals surface area contributed by atoms with Gasteiger partial charge in [0, 0.05) is 18.1 Å². The fraction of sp³-hybridized carbons (Fsp3) is 0.538. The quantitative estimate of drug-likeness (QED) is 0.905. The molecule has 1 aliphatic rings. The lowest BCUT2D eigenvalue weighted by atomic mass is 10.2. The molecule has 0 spiro atoms. The largest absolute Gasteiger partial charge is 0.392 e. The smallest absolute Gasteiger partial charge is 0.244 e. The van der Waals surface area contributed by atoms with Gasteiger partial charge >= 0.3 is 0 Å². The Morgan fingerprint density at radius 2 is 1.86 bits per heavy atom. The van der Waals surface area contributed by atoms with E-state index in [1.807, 2.05) is 13.8 Å². The van der Waals surface area contributed by atoms with E-state index in [2.05, 4.69) is 0 Å². The molecule has 1 aromatic carbocycles. The van der Waals surface area contributed by atoms with Crippen LogP contribution in [0.15, 0.2) is 17.0 Å². The van der Waals surface area contributed by atoms with E-state index >= 15 is 0 Å². The van der Waals surface area contributed by atoms with Gasteiger partial charge in [-0.3, -0.25) is 0 Å². The van der Waals surface area contributed by atoms with Crippen LogP contribution < -0.4 is 0 Å². The van der Waals surface area contributed by atoms with E-state index in [1.54, 1.807) is 0 Å². The number of rotatable bonds is 3. The van der Waals surface area contributed by atoms with Gasteiger partial charge in [-0.25, -0.2) is 8.42 Å². The molecule has 0 aromatic heterocycles. The van der Waals surface area contributed by atoms with Crippen molar-refractivity contribution in [2.75, 3.05) is 13.1 Å². The topological polar surface area (TPSA) is 66.8 Å². The second-order valence-corrected chi connectivity index (χ2v) is 7.84. The van der Waals surface area contributed by atoms with E-state index < -0.39 is 10.0 Å². The Kier molecular flexibility index (Phi) is 5.18. The van der Waals surface area contributed by atoms with Crippen molar-refractivity contribution in [1.29, 1.82) is 0 Å². The highest BCUT2D eigenvalue weighted by Crippen LogP contribution is 2.32. The predicted octanol–water partition coefficient (Wildman–Crippen LogP) is 2.28. The summed E-state index contributed by atoms with van der Waals surface area (Å²) in [4.78, 5) is -0.0815. The van der Waals surface area contributed by atoms with Crippen molar-refractivity contribution in [3.63, 3.8) is 0 Å². The zero-order valence-corrected chi connectivity index (χ0v) is 14.0. The molecule has 118 valence electrons. The van der Waals surface area contributed by atoms with E-state index in [9.17, 15) is 13.5 Å². The standard InChI is InChI=1S/C13H17Cl2NO4S/c1-8-5-16(6-9(2)20-8)21(18,19)12-4-11(14)3-10(7-17)13(12)15/h3-4,8-9,17H,5-7H2,1-2H3. The Labute approximate surface area is 134 Å². The molecule has 21 heavy (non-hydrogen) atoms. The Balaban J connectivity index is 2.47. The van der Waals surface area contributed by atoms with Crippen LogP contribution in [0.2, 0.25) is 10.0 Å². The number of hydrogen-bond acceptors (Lipinski definition) is 4. The molecule has 2 unspecified atom stereocenters. The summed E-state index contributed by atoms with van der Waals surface area (Å²) in [5.74, 6) is 0. The van der Waals surface area contributed by atoms with E-state index in [0.717, 1.165) is 0 Å². The number of aliphatic hydroxyl groups excluding tert-OH is 1. The molecule has 1 aliphatic heterocycles. The summed E-state index contributed by atoms with van der Waals surface area (Å²) >= 11 is 12.0. The normalized spacial score (nSPS) is 24.2. The molecule has 0 saturated carbocycles. The molecule has 0 radical (unpaired) electrons. The molecule has 1 saturated heterocycles. The molecule has 5 nitrogen and oxygen atoms in total. The van der Waals surface area contributed by atoms with Crippen LogP contribution in [-0.2, 0) is 21.4 Å². The Bertz CT molecular complexity index is 625. The average Bonchev–Trinajstić information content (AvgIpc) is 2.39. The molecular formula is C13H17Cl2NO4S. The number of sulfonamides is 1. The van der Waals surface area contributed by atoms with Crippen LogP contribution in [0.25, 0.3) is 0 Å². The van der Waals surface area contributed by atoms with Crippen molar-refractivity contribution in [2.24, 2.45) is 0 Å². The summed E-state index contributed by atoms with van der Waals surface area (Å²) in [5.41, 5.74) is 0.289. The average molecular weight is 354 g/mol. The van der Waals surface area contributed by atoms with Crippen molar-refractivity contribution in [3.8, 4) is 0 Å². The first-order valence-electron chi connectivity index (χ1n) is 6.50. The number of aliphatic hydroxyl groups is 1. The minimum atomic E-state index is -3.79.